The quantitative estimate of drug-likeness (QED) is 0.850. The number of carbonyl (C=O) groups excluding carboxylic acids is 1. The van der Waals surface area contributed by atoms with Crippen molar-refractivity contribution < 1.29 is 14.3 Å². The van der Waals surface area contributed by atoms with Crippen molar-refractivity contribution in [2.75, 3.05) is 0 Å². The maximum Gasteiger partial charge on any atom is 0.197 e. The first-order chi connectivity index (χ1) is 9.54. The summed E-state index contributed by atoms with van der Waals surface area (Å²) in [5.74, 6) is -1.15. The zero-order valence-electron chi connectivity index (χ0n) is 11.0. The molecule has 0 radical (unpaired) electrons. The lowest BCUT2D eigenvalue weighted by atomic mass is 9.98. The summed E-state index contributed by atoms with van der Waals surface area (Å²) in [4.78, 5) is 12.4. The highest BCUT2D eigenvalue weighted by atomic mass is 35.5. The Morgan fingerprint density at radius 3 is 2.70 bits per heavy atom. The topological polar surface area (TPSA) is 37.3 Å². The average Bonchev–Trinajstić information content (AvgIpc) is 2.42. The zero-order chi connectivity index (χ0) is 14.7. The van der Waals surface area contributed by atoms with Crippen LogP contribution in [-0.4, -0.2) is 10.9 Å². The highest BCUT2D eigenvalue weighted by molar-refractivity contribution is 6.35. The van der Waals surface area contributed by atoms with Crippen LogP contribution >= 0.6 is 11.6 Å². The van der Waals surface area contributed by atoms with Crippen LogP contribution in [0.2, 0.25) is 5.02 Å². The van der Waals surface area contributed by atoms with Crippen molar-refractivity contribution >= 4 is 17.4 Å². The van der Waals surface area contributed by atoms with Gasteiger partial charge < -0.3 is 5.11 Å². The van der Waals surface area contributed by atoms with Crippen molar-refractivity contribution in [2.45, 2.75) is 19.8 Å². The minimum atomic E-state index is -0.576. The summed E-state index contributed by atoms with van der Waals surface area (Å²) in [7, 11) is 0. The van der Waals surface area contributed by atoms with E-state index in [-0.39, 0.29) is 21.9 Å². The van der Waals surface area contributed by atoms with Gasteiger partial charge in [-0.05, 0) is 30.2 Å². The molecule has 0 amide bonds. The van der Waals surface area contributed by atoms with E-state index >= 15 is 0 Å². The molecule has 0 spiro atoms. The Morgan fingerprint density at radius 2 is 2.05 bits per heavy atom. The molecular weight excluding hydrogens is 279 g/mol. The van der Waals surface area contributed by atoms with Gasteiger partial charge in [0.1, 0.15) is 11.6 Å². The maximum atomic E-state index is 14.4. The van der Waals surface area contributed by atoms with Gasteiger partial charge in [-0.2, -0.15) is 0 Å². The molecule has 0 fully saturated rings. The lowest BCUT2D eigenvalue weighted by molar-refractivity contribution is 0.103. The van der Waals surface area contributed by atoms with Crippen LogP contribution in [0.4, 0.5) is 4.39 Å². The first-order valence-corrected chi connectivity index (χ1v) is 6.73. The summed E-state index contributed by atoms with van der Waals surface area (Å²) in [5, 5.41) is 9.49. The van der Waals surface area contributed by atoms with Gasteiger partial charge in [0.15, 0.2) is 5.78 Å². The van der Waals surface area contributed by atoms with E-state index in [1.807, 2.05) is 6.92 Å². The van der Waals surface area contributed by atoms with Gasteiger partial charge in [0.05, 0.1) is 10.6 Å². The van der Waals surface area contributed by atoms with E-state index < -0.39 is 11.6 Å². The molecule has 0 aliphatic heterocycles. The number of benzene rings is 2. The molecule has 2 aromatic rings. The second-order valence-electron chi connectivity index (χ2n) is 4.52. The van der Waals surface area contributed by atoms with Gasteiger partial charge in [-0.3, -0.25) is 4.79 Å². The molecule has 2 nitrogen and oxygen atoms in total. The average molecular weight is 293 g/mol. The Morgan fingerprint density at radius 1 is 1.30 bits per heavy atom. The fourth-order valence-electron chi connectivity index (χ4n) is 2.06. The largest absolute Gasteiger partial charge is 0.508 e. The van der Waals surface area contributed by atoms with E-state index in [1.54, 1.807) is 6.07 Å². The molecule has 4 heteroatoms. The van der Waals surface area contributed by atoms with E-state index in [9.17, 15) is 14.3 Å². The van der Waals surface area contributed by atoms with Crippen LogP contribution in [0.15, 0.2) is 36.4 Å². The number of phenolic OH excluding ortho intramolecular Hbond substituents is 1. The van der Waals surface area contributed by atoms with E-state index in [0.29, 0.717) is 12.0 Å². The maximum absolute atomic E-state index is 14.4. The Balaban J connectivity index is 2.51. The number of hydrogen-bond acceptors (Lipinski definition) is 2. The molecule has 0 unspecified atom stereocenters. The third-order valence-electron chi connectivity index (χ3n) is 3.03. The number of rotatable bonds is 4. The van der Waals surface area contributed by atoms with Gasteiger partial charge in [0.2, 0.25) is 0 Å². The Labute approximate surface area is 121 Å². The molecule has 104 valence electrons. The summed E-state index contributed by atoms with van der Waals surface area (Å²) < 4.78 is 14.4. The first-order valence-electron chi connectivity index (χ1n) is 6.35. The third-order valence-corrected chi connectivity index (χ3v) is 3.34. The fourth-order valence-corrected chi connectivity index (χ4v) is 2.29. The standard InChI is InChI=1S/C16H14ClFO2/c1-2-4-10-7-8-13(17)14(15(10)18)16(20)11-5-3-6-12(19)9-11/h3,5-9,19H,2,4H2,1H3. The molecule has 2 rings (SSSR count). The summed E-state index contributed by atoms with van der Waals surface area (Å²) in [6.45, 7) is 1.94. The van der Waals surface area contributed by atoms with Gasteiger partial charge in [-0.15, -0.1) is 0 Å². The summed E-state index contributed by atoms with van der Waals surface area (Å²) in [5.41, 5.74) is 0.545. The Hall–Kier alpha value is -1.87. The van der Waals surface area contributed by atoms with E-state index in [0.717, 1.165) is 6.42 Å². The van der Waals surface area contributed by atoms with Crippen LogP contribution in [0.1, 0.15) is 34.8 Å². The lowest BCUT2D eigenvalue weighted by Crippen LogP contribution is -2.07. The van der Waals surface area contributed by atoms with Crippen molar-refractivity contribution in [3.63, 3.8) is 0 Å². The molecule has 20 heavy (non-hydrogen) atoms. The van der Waals surface area contributed by atoms with Gasteiger partial charge in [-0.25, -0.2) is 4.39 Å². The first kappa shape index (κ1) is 14.5. The molecule has 0 aromatic heterocycles. The van der Waals surface area contributed by atoms with E-state index in [4.69, 9.17) is 11.6 Å². The second-order valence-corrected chi connectivity index (χ2v) is 4.93. The Kier molecular flexibility index (Phi) is 4.40. The predicted molar refractivity (Wildman–Crippen MR) is 76.9 cm³/mol. The van der Waals surface area contributed by atoms with Crippen LogP contribution in [0.25, 0.3) is 0 Å². The van der Waals surface area contributed by atoms with Crippen molar-refractivity contribution in [1.29, 1.82) is 0 Å². The molecule has 0 heterocycles. The number of hydrogen-bond donors (Lipinski definition) is 1. The van der Waals surface area contributed by atoms with Gasteiger partial charge in [0, 0.05) is 5.56 Å². The number of ketones is 1. The van der Waals surface area contributed by atoms with Crippen LogP contribution in [0, 0.1) is 5.82 Å². The smallest absolute Gasteiger partial charge is 0.197 e. The highest BCUT2D eigenvalue weighted by Crippen LogP contribution is 2.26. The molecule has 0 bridgehead atoms. The molecule has 2 aromatic carbocycles. The summed E-state index contributed by atoms with van der Waals surface area (Å²) in [6.07, 6.45) is 1.32. The summed E-state index contributed by atoms with van der Waals surface area (Å²) in [6, 6.07) is 8.92. The molecule has 0 saturated carbocycles. The number of aromatic hydroxyl groups is 1. The zero-order valence-corrected chi connectivity index (χ0v) is 11.7. The van der Waals surface area contributed by atoms with E-state index in [2.05, 4.69) is 0 Å². The monoisotopic (exact) mass is 292 g/mol. The lowest BCUT2D eigenvalue weighted by Gasteiger charge is -2.09. The molecule has 0 aliphatic carbocycles. The summed E-state index contributed by atoms with van der Waals surface area (Å²) >= 11 is 5.96. The van der Waals surface area contributed by atoms with Gasteiger partial charge in [-0.1, -0.05) is 43.1 Å². The van der Waals surface area contributed by atoms with Crippen LogP contribution in [0.3, 0.4) is 0 Å². The van der Waals surface area contributed by atoms with E-state index in [1.165, 1.54) is 30.3 Å². The SMILES string of the molecule is CCCc1ccc(Cl)c(C(=O)c2cccc(O)c2)c1F. The Bertz CT molecular complexity index is 653. The second kappa shape index (κ2) is 6.06. The van der Waals surface area contributed by atoms with Crippen LogP contribution < -0.4 is 0 Å². The van der Waals surface area contributed by atoms with Gasteiger partial charge in [0.25, 0.3) is 0 Å². The molecule has 0 aliphatic rings. The van der Waals surface area contributed by atoms with Crippen molar-refractivity contribution in [1.82, 2.24) is 0 Å². The van der Waals surface area contributed by atoms with Crippen molar-refractivity contribution in [3.8, 4) is 5.75 Å². The number of aryl methyl sites for hydroxylation is 1. The van der Waals surface area contributed by atoms with Gasteiger partial charge >= 0.3 is 0 Å². The van der Waals surface area contributed by atoms with Crippen molar-refractivity contribution in [3.05, 3.63) is 63.9 Å². The minimum absolute atomic E-state index is 0.0444. The highest BCUT2D eigenvalue weighted by Gasteiger charge is 2.20. The molecule has 1 N–H and O–H groups in total. The molecular formula is C16H14ClFO2. The minimum Gasteiger partial charge on any atom is -0.508 e. The molecule has 0 saturated heterocycles. The predicted octanol–water partition coefficient (Wildman–Crippen LogP) is 4.37. The van der Waals surface area contributed by atoms with Crippen LogP contribution in [-0.2, 0) is 6.42 Å². The number of phenols is 1. The third kappa shape index (κ3) is 2.83. The van der Waals surface area contributed by atoms with Crippen molar-refractivity contribution in [2.24, 2.45) is 0 Å². The fraction of sp³-hybridized carbons (Fsp3) is 0.188. The van der Waals surface area contributed by atoms with Crippen LogP contribution in [0.5, 0.6) is 5.75 Å². The number of carbonyl (C=O) groups is 1. The normalized spacial score (nSPS) is 10.6. The molecule has 0 atom stereocenters. The number of halogens is 2.